The Morgan fingerprint density at radius 1 is 1.13 bits per heavy atom. The van der Waals surface area contributed by atoms with E-state index in [4.69, 9.17) is 10.4 Å². The van der Waals surface area contributed by atoms with Gasteiger partial charge in [-0.25, -0.2) is 13.8 Å². The molecule has 2 aromatic rings. The van der Waals surface area contributed by atoms with Crippen molar-refractivity contribution in [3.8, 4) is 6.07 Å². The number of allylic oxidation sites excluding steroid dienone is 4. The van der Waals surface area contributed by atoms with Gasteiger partial charge in [0.2, 0.25) is 0 Å². The zero-order valence-corrected chi connectivity index (χ0v) is 21.0. The Bertz CT molecular complexity index is 1350. The van der Waals surface area contributed by atoms with E-state index >= 15 is 0 Å². The van der Waals surface area contributed by atoms with Crippen LogP contribution in [0.2, 0.25) is 0 Å². The first kappa shape index (κ1) is 25.5. The van der Waals surface area contributed by atoms with Crippen LogP contribution in [-0.2, 0) is 6.54 Å². The SMILES string of the molecule is N#C/C(C=N)=C1/NC=C(C2=CCNCC2)C=C1c1ccc(N2CCN(Cc3c(F)cccc3F)CC2)nc1. The predicted octanol–water partition coefficient (Wildman–Crippen LogP) is 3.90. The number of hydrogen-bond acceptors (Lipinski definition) is 7. The van der Waals surface area contributed by atoms with Crippen molar-refractivity contribution in [2.24, 2.45) is 0 Å². The van der Waals surface area contributed by atoms with E-state index in [2.05, 4.69) is 33.8 Å². The zero-order valence-electron chi connectivity index (χ0n) is 21.0. The van der Waals surface area contributed by atoms with Gasteiger partial charge in [-0.3, -0.25) is 4.90 Å². The van der Waals surface area contributed by atoms with Crippen LogP contribution in [0.15, 0.2) is 77.3 Å². The van der Waals surface area contributed by atoms with Gasteiger partial charge in [-0.2, -0.15) is 5.26 Å². The first-order valence-electron chi connectivity index (χ1n) is 12.7. The van der Waals surface area contributed by atoms with E-state index in [1.807, 2.05) is 23.2 Å². The van der Waals surface area contributed by atoms with E-state index in [-0.39, 0.29) is 17.7 Å². The molecule has 0 spiro atoms. The fraction of sp³-hybridized carbons (Fsp3) is 0.276. The van der Waals surface area contributed by atoms with Crippen LogP contribution < -0.4 is 15.5 Å². The molecule has 3 aliphatic rings. The minimum absolute atomic E-state index is 0.108. The maximum absolute atomic E-state index is 14.1. The van der Waals surface area contributed by atoms with Crippen molar-refractivity contribution in [3.05, 3.63) is 100 Å². The van der Waals surface area contributed by atoms with Crippen LogP contribution in [-0.4, -0.2) is 55.4 Å². The Balaban J connectivity index is 1.32. The second-order valence-corrected chi connectivity index (χ2v) is 9.40. The molecule has 38 heavy (non-hydrogen) atoms. The number of hydrogen-bond donors (Lipinski definition) is 3. The molecule has 1 aromatic heterocycles. The highest BCUT2D eigenvalue weighted by atomic mass is 19.1. The second-order valence-electron chi connectivity index (χ2n) is 9.40. The highest BCUT2D eigenvalue weighted by Crippen LogP contribution is 2.32. The molecule has 0 bridgehead atoms. The lowest BCUT2D eigenvalue weighted by Crippen LogP contribution is -2.46. The van der Waals surface area contributed by atoms with Crippen LogP contribution in [0.3, 0.4) is 0 Å². The lowest BCUT2D eigenvalue weighted by atomic mass is 9.91. The normalized spacial score (nSPS) is 19.5. The molecule has 0 unspecified atom stereocenters. The van der Waals surface area contributed by atoms with Crippen molar-refractivity contribution in [1.82, 2.24) is 20.5 Å². The zero-order chi connectivity index (χ0) is 26.5. The van der Waals surface area contributed by atoms with Crippen molar-refractivity contribution in [3.63, 3.8) is 0 Å². The van der Waals surface area contributed by atoms with E-state index in [9.17, 15) is 14.0 Å². The molecule has 3 aliphatic heterocycles. The fourth-order valence-electron chi connectivity index (χ4n) is 4.95. The molecule has 1 aromatic carbocycles. The number of rotatable bonds is 6. The third-order valence-electron chi connectivity index (χ3n) is 7.11. The van der Waals surface area contributed by atoms with Crippen molar-refractivity contribution in [2.45, 2.75) is 13.0 Å². The van der Waals surface area contributed by atoms with Gasteiger partial charge < -0.3 is 20.9 Å². The lowest BCUT2D eigenvalue weighted by Gasteiger charge is -2.35. The summed E-state index contributed by atoms with van der Waals surface area (Å²) in [7, 11) is 0. The molecule has 1 fully saturated rings. The molecule has 0 aliphatic carbocycles. The van der Waals surface area contributed by atoms with E-state index in [1.165, 1.54) is 23.8 Å². The molecule has 5 rings (SSSR count). The summed E-state index contributed by atoms with van der Waals surface area (Å²) in [5.41, 5.74) is 4.90. The predicted molar refractivity (Wildman–Crippen MR) is 144 cm³/mol. The van der Waals surface area contributed by atoms with E-state index in [0.29, 0.717) is 31.9 Å². The van der Waals surface area contributed by atoms with Crippen LogP contribution in [0.1, 0.15) is 17.5 Å². The van der Waals surface area contributed by atoms with Gasteiger partial charge >= 0.3 is 0 Å². The van der Waals surface area contributed by atoms with Crippen LogP contribution in [0.5, 0.6) is 0 Å². The molecular weight excluding hydrogens is 484 g/mol. The monoisotopic (exact) mass is 513 g/mol. The molecule has 4 heterocycles. The Morgan fingerprint density at radius 2 is 1.92 bits per heavy atom. The minimum atomic E-state index is -0.512. The van der Waals surface area contributed by atoms with E-state index < -0.39 is 11.6 Å². The quantitative estimate of drug-likeness (QED) is 0.401. The van der Waals surface area contributed by atoms with Crippen molar-refractivity contribution in [1.29, 1.82) is 10.7 Å². The average Bonchev–Trinajstić information content (AvgIpc) is 2.97. The maximum atomic E-state index is 14.1. The van der Waals surface area contributed by atoms with Gasteiger partial charge in [0.25, 0.3) is 0 Å². The molecule has 0 amide bonds. The molecule has 0 atom stereocenters. The van der Waals surface area contributed by atoms with Crippen LogP contribution in [0.25, 0.3) is 5.57 Å². The number of piperazine rings is 1. The highest BCUT2D eigenvalue weighted by Gasteiger charge is 2.22. The number of halogens is 2. The standard InChI is InChI=1S/C29H29F2N7/c30-26-2-1-3-27(31)25(26)19-37-10-12-38(13-11-37)28-5-4-21(17-35-28)24-14-22(20-6-8-34-9-7-20)18-36-29(24)23(15-32)16-33/h1-6,14-15,17-18,32,34,36H,7-13,19H2/b29-23+,32-15?. The fourth-order valence-corrected chi connectivity index (χ4v) is 4.95. The third kappa shape index (κ3) is 5.42. The largest absolute Gasteiger partial charge is 0.359 e. The number of aromatic nitrogens is 1. The molecule has 7 nitrogen and oxygen atoms in total. The van der Waals surface area contributed by atoms with Crippen LogP contribution in [0.4, 0.5) is 14.6 Å². The first-order chi connectivity index (χ1) is 18.6. The number of nitrogens with zero attached hydrogens (tertiary/aromatic N) is 4. The number of nitriles is 1. The number of nitrogens with one attached hydrogen (secondary N) is 3. The van der Waals surface area contributed by atoms with Crippen molar-refractivity contribution >= 4 is 17.6 Å². The van der Waals surface area contributed by atoms with Gasteiger partial charge in [-0.15, -0.1) is 0 Å². The first-order valence-corrected chi connectivity index (χ1v) is 12.7. The topological polar surface area (TPSA) is 91.1 Å². The number of dihydropyridines is 1. The number of pyridine rings is 1. The molecule has 3 N–H and O–H groups in total. The molecular formula is C29H29F2N7. The maximum Gasteiger partial charge on any atom is 0.130 e. The van der Waals surface area contributed by atoms with Gasteiger partial charge in [-0.05, 0) is 54.5 Å². The molecule has 0 radical (unpaired) electrons. The second kappa shape index (κ2) is 11.5. The summed E-state index contributed by atoms with van der Waals surface area (Å²) in [6.45, 7) is 4.70. The highest BCUT2D eigenvalue weighted by molar-refractivity contribution is 5.93. The summed E-state index contributed by atoms with van der Waals surface area (Å²) >= 11 is 0. The summed E-state index contributed by atoms with van der Waals surface area (Å²) in [5, 5.41) is 23.8. The lowest BCUT2D eigenvalue weighted by molar-refractivity contribution is 0.242. The van der Waals surface area contributed by atoms with Crippen LogP contribution in [0, 0.1) is 28.4 Å². The van der Waals surface area contributed by atoms with Gasteiger partial charge in [0.1, 0.15) is 23.5 Å². The van der Waals surface area contributed by atoms with Crippen molar-refractivity contribution in [2.75, 3.05) is 44.2 Å². The summed E-state index contributed by atoms with van der Waals surface area (Å²) in [6, 6.07) is 10.0. The molecule has 1 saturated heterocycles. The van der Waals surface area contributed by atoms with Gasteiger partial charge in [-0.1, -0.05) is 12.1 Å². The smallest absolute Gasteiger partial charge is 0.130 e. The third-order valence-corrected chi connectivity index (χ3v) is 7.11. The van der Waals surface area contributed by atoms with Gasteiger partial charge in [0.15, 0.2) is 0 Å². The summed E-state index contributed by atoms with van der Waals surface area (Å²) < 4.78 is 28.1. The summed E-state index contributed by atoms with van der Waals surface area (Å²) in [4.78, 5) is 8.92. The van der Waals surface area contributed by atoms with Crippen molar-refractivity contribution < 1.29 is 8.78 Å². The van der Waals surface area contributed by atoms with Gasteiger partial charge in [0, 0.05) is 74.6 Å². The van der Waals surface area contributed by atoms with Gasteiger partial charge in [0.05, 0.1) is 11.3 Å². The Kier molecular flexibility index (Phi) is 7.73. The molecule has 9 heteroatoms. The van der Waals surface area contributed by atoms with E-state index in [1.54, 1.807) is 6.20 Å². The Labute approximate surface area is 221 Å². The average molecular weight is 514 g/mol. The summed E-state index contributed by atoms with van der Waals surface area (Å²) in [6.07, 6.45) is 9.89. The van der Waals surface area contributed by atoms with E-state index in [0.717, 1.165) is 48.3 Å². The summed E-state index contributed by atoms with van der Waals surface area (Å²) in [5.74, 6) is -0.201. The molecule has 0 saturated carbocycles. The Hall–Kier alpha value is -4.13. The minimum Gasteiger partial charge on any atom is -0.359 e. The molecule has 194 valence electrons. The van der Waals surface area contributed by atoms with Crippen LogP contribution >= 0.6 is 0 Å². The number of anilines is 1. The Morgan fingerprint density at radius 3 is 2.55 bits per heavy atom. The number of benzene rings is 1.